The number of rotatable bonds is 5. The molecule has 0 amide bonds. The number of pyridine rings is 2. The smallest absolute Gasteiger partial charge is 0.140 e. The molecule has 0 aliphatic heterocycles. The first-order chi connectivity index (χ1) is 16.5. The van der Waals surface area contributed by atoms with E-state index >= 15 is 0 Å². The van der Waals surface area contributed by atoms with E-state index in [0.717, 1.165) is 56.8 Å². The molecule has 0 aliphatic carbocycles. The molecule has 4 heteroatoms. The minimum Gasteiger partial charge on any atom is -0.303 e. The van der Waals surface area contributed by atoms with Crippen molar-refractivity contribution in [3.05, 3.63) is 131 Å². The Kier molecular flexibility index (Phi) is 5.72. The van der Waals surface area contributed by atoms with Crippen LogP contribution in [0.5, 0.6) is 0 Å². The van der Waals surface area contributed by atoms with E-state index in [2.05, 4.69) is 115 Å². The van der Waals surface area contributed by atoms with Gasteiger partial charge in [0.05, 0.1) is 5.69 Å². The van der Waals surface area contributed by atoms with Gasteiger partial charge in [-0.25, -0.2) is 4.98 Å². The molecular weight excluding hydrogens is 416 g/mol. The minimum absolute atomic E-state index is 0.907. The maximum Gasteiger partial charge on any atom is 0.140 e. The fourth-order valence-corrected chi connectivity index (χ4v) is 4.51. The highest BCUT2D eigenvalue weighted by molar-refractivity contribution is 5.90. The van der Waals surface area contributed by atoms with Crippen LogP contribution in [-0.2, 0) is 0 Å². The lowest BCUT2D eigenvalue weighted by Gasteiger charge is -2.15. The van der Waals surface area contributed by atoms with Gasteiger partial charge >= 0.3 is 0 Å². The molecule has 0 fully saturated rings. The summed E-state index contributed by atoms with van der Waals surface area (Å²) in [5.41, 5.74) is 8.85. The van der Waals surface area contributed by atoms with Crippen LogP contribution in [0.1, 0.15) is 39.6 Å². The summed E-state index contributed by atoms with van der Waals surface area (Å²) in [5, 5.41) is 0. The topological polar surface area (TPSA) is 35.6 Å². The zero-order chi connectivity index (χ0) is 23.7. The summed E-state index contributed by atoms with van der Waals surface area (Å²) < 4.78 is 4.41. The predicted octanol–water partition coefficient (Wildman–Crippen LogP) is 6.88. The average Bonchev–Trinajstić information content (AvgIpc) is 3.38. The molecule has 4 heterocycles. The summed E-state index contributed by atoms with van der Waals surface area (Å²) in [6.45, 7) is 8.47. The van der Waals surface area contributed by atoms with Crippen LogP contribution < -0.4 is 0 Å². The Bertz CT molecular complexity index is 1330. The summed E-state index contributed by atoms with van der Waals surface area (Å²) in [6.07, 6.45) is 4.06. The Balaban J connectivity index is 1.77. The lowest BCUT2D eigenvalue weighted by atomic mass is 9.99. The maximum atomic E-state index is 5.10. The van der Waals surface area contributed by atoms with Crippen molar-refractivity contribution in [3.8, 4) is 11.6 Å². The molecule has 0 atom stereocenters. The normalized spacial score (nSPS) is 11.7. The summed E-state index contributed by atoms with van der Waals surface area (Å²) in [6, 6.07) is 29.3. The first kappa shape index (κ1) is 21.7. The van der Waals surface area contributed by atoms with Crippen molar-refractivity contribution >= 4 is 11.6 Å². The molecular formula is C30H28N4. The van der Waals surface area contributed by atoms with Crippen molar-refractivity contribution < 1.29 is 0 Å². The zero-order valence-corrected chi connectivity index (χ0v) is 20.0. The second-order valence-corrected chi connectivity index (χ2v) is 8.66. The summed E-state index contributed by atoms with van der Waals surface area (Å²) in [4.78, 5) is 9.75. The monoisotopic (exact) mass is 444 g/mol. The van der Waals surface area contributed by atoms with Crippen LogP contribution in [0.3, 0.4) is 0 Å². The van der Waals surface area contributed by atoms with Gasteiger partial charge in [-0.15, -0.1) is 0 Å². The van der Waals surface area contributed by atoms with Crippen molar-refractivity contribution in [2.24, 2.45) is 0 Å². The van der Waals surface area contributed by atoms with E-state index in [0.29, 0.717) is 0 Å². The van der Waals surface area contributed by atoms with Crippen LogP contribution >= 0.6 is 0 Å². The number of nitrogens with zero attached hydrogens (tertiary/aromatic N) is 4. The fourth-order valence-electron chi connectivity index (χ4n) is 4.51. The van der Waals surface area contributed by atoms with Crippen molar-refractivity contribution in [2.75, 3.05) is 0 Å². The number of aromatic nitrogens is 4. The lowest BCUT2D eigenvalue weighted by Crippen LogP contribution is -2.08. The Morgan fingerprint density at radius 1 is 0.647 bits per heavy atom. The van der Waals surface area contributed by atoms with Gasteiger partial charge in [-0.05, 0) is 93.4 Å². The molecule has 0 saturated carbocycles. The van der Waals surface area contributed by atoms with Gasteiger partial charge < -0.3 is 9.13 Å². The Labute approximate surface area is 200 Å². The lowest BCUT2D eigenvalue weighted by molar-refractivity contribution is 0.872. The molecule has 5 rings (SSSR count). The fraction of sp³-hybridized carbons (Fsp3) is 0.133. The van der Waals surface area contributed by atoms with Crippen molar-refractivity contribution in [1.29, 1.82) is 0 Å². The second-order valence-electron chi connectivity index (χ2n) is 8.66. The highest BCUT2D eigenvalue weighted by Crippen LogP contribution is 2.27. The van der Waals surface area contributed by atoms with Crippen LogP contribution in [0.15, 0.2) is 91.1 Å². The number of aryl methyl sites for hydroxylation is 4. The SMILES string of the molecule is Cc1ccc(C)n1-c1cc(/C=C(\c2ccccc2)c2ccccn2)cc(-n2c(C)ccc2C)n1. The Morgan fingerprint density at radius 2 is 1.18 bits per heavy atom. The van der Waals surface area contributed by atoms with Crippen molar-refractivity contribution in [2.45, 2.75) is 27.7 Å². The molecule has 0 bridgehead atoms. The van der Waals surface area contributed by atoms with Crippen LogP contribution in [0.2, 0.25) is 0 Å². The van der Waals surface area contributed by atoms with E-state index in [-0.39, 0.29) is 0 Å². The van der Waals surface area contributed by atoms with Gasteiger partial charge in [0.2, 0.25) is 0 Å². The quantitative estimate of drug-likeness (QED) is 0.296. The van der Waals surface area contributed by atoms with Crippen LogP contribution in [-0.4, -0.2) is 19.1 Å². The van der Waals surface area contributed by atoms with Crippen molar-refractivity contribution in [3.63, 3.8) is 0 Å². The highest BCUT2D eigenvalue weighted by atomic mass is 15.1. The van der Waals surface area contributed by atoms with E-state index in [9.17, 15) is 0 Å². The molecule has 0 radical (unpaired) electrons. The molecule has 0 saturated heterocycles. The second kappa shape index (κ2) is 8.99. The van der Waals surface area contributed by atoms with Gasteiger partial charge in [0.25, 0.3) is 0 Å². The van der Waals surface area contributed by atoms with E-state index in [4.69, 9.17) is 4.98 Å². The molecule has 0 unspecified atom stereocenters. The molecule has 168 valence electrons. The standard InChI is InChI=1S/C30H28N4/c1-21-13-14-22(2)33(21)29-19-25(20-30(32-29)34-23(3)15-16-24(34)4)18-27(26-10-6-5-7-11-26)28-12-8-9-17-31-28/h5-20H,1-4H3/b27-18+. The average molecular weight is 445 g/mol. The number of benzene rings is 1. The highest BCUT2D eigenvalue weighted by Gasteiger charge is 2.13. The van der Waals surface area contributed by atoms with E-state index in [1.807, 2.05) is 24.4 Å². The largest absolute Gasteiger partial charge is 0.303 e. The van der Waals surface area contributed by atoms with Crippen LogP contribution in [0, 0.1) is 27.7 Å². The third kappa shape index (κ3) is 4.11. The molecule has 4 nitrogen and oxygen atoms in total. The van der Waals surface area contributed by atoms with Gasteiger partial charge in [0.15, 0.2) is 0 Å². The number of hydrogen-bond donors (Lipinski definition) is 0. The third-order valence-corrected chi connectivity index (χ3v) is 6.16. The van der Waals surface area contributed by atoms with E-state index in [1.165, 1.54) is 0 Å². The van der Waals surface area contributed by atoms with E-state index < -0.39 is 0 Å². The third-order valence-electron chi connectivity index (χ3n) is 6.16. The van der Waals surface area contributed by atoms with Crippen LogP contribution in [0.25, 0.3) is 23.3 Å². The van der Waals surface area contributed by atoms with Gasteiger partial charge in [0, 0.05) is 34.5 Å². The van der Waals surface area contributed by atoms with Crippen LogP contribution in [0.4, 0.5) is 0 Å². The summed E-state index contributed by atoms with van der Waals surface area (Å²) >= 11 is 0. The molecule has 34 heavy (non-hydrogen) atoms. The Hall–Kier alpha value is -4.18. The zero-order valence-electron chi connectivity index (χ0n) is 20.0. The first-order valence-electron chi connectivity index (χ1n) is 11.5. The summed E-state index contributed by atoms with van der Waals surface area (Å²) in [7, 11) is 0. The van der Waals surface area contributed by atoms with Gasteiger partial charge in [-0.3, -0.25) is 4.98 Å². The first-order valence-corrected chi connectivity index (χ1v) is 11.5. The van der Waals surface area contributed by atoms with Gasteiger partial charge in [-0.1, -0.05) is 36.4 Å². The number of hydrogen-bond acceptors (Lipinski definition) is 2. The van der Waals surface area contributed by atoms with Crippen molar-refractivity contribution in [1.82, 2.24) is 19.1 Å². The molecule has 0 spiro atoms. The molecule has 0 N–H and O–H groups in total. The molecule has 1 aromatic carbocycles. The predicted molar refractivity (Wildman–Crippen MR) is 139 cm³/mol. The molecule has 4 aromatic heterocycles. The van der Waals surface area contributed by atoms with E-state index in [1.54, 1.807) is 0 Å². The minimum atomic E-state index is 0.907. The van der Waals surface area contributed by atoms with Gasteiger partial charge in [-0.2, -0.15) is 0 Å². The van der Waals surface area contributed by atoms with Gasteiger partial charge in [0.1, 0.15) is 11.6 Å². The summed E-state index contributed by atoms with van der Waals surface area (Å²) in [5.74, 6) is 1.81. The Morgan fingerprint density at radius 3 is 1.68 bits per heavy atom. The molecule has 0 aliphatic rings. The maximum absolute atomic E-state index is 5.10. The molecule has 5 aromatic rings.